The molecule has 1 aromatic rings. The van der Waals surface area contributed by atoms with Gasteiger partial charge in [0.05, 0.1) is 13.2 Å². The zero-order valence-corrected chi connectivity index (χ0v) is 10.8. The maximum atomic E-state index is 13.1. The van der Waals surface area contributed by atoms with Crippen LogP contribution in [0.1, 0.15) is 11.9 Å². The molecule has 0 atom stereocenters. The molecule has 0 fully saturated rings. The Morgan fingerprint density at radius 1 is 0.944 bits per heavy atom. The molecule has 0 unspecified atom stereocenters. The summed E-state index contributed by atoms with van der Waals surface area (Å²) in [6.45, 7) is 0.240. The summed E-state index contributed by atoms with van der Waals surface area (Å²) in [4.78, 5) is 0. The van der Waals surface area contributed by atoms with Gasteiger partial charge in [0.15, 0.2) is 23.7 Å². The van der Waals surface area contributed by atoms with Crippen molar-refractivity contribution < 1.29 is 22.6 Å². The van der Waals surface area contributed by atoms with Crippen LogP contribution < -0.4 is 0 Å². The van der Waals surface area contributed by atoms with Gasteiger partial charge in [-0.2, -0.15) is 0 Å². The van der Waals surface area contributed by atoms with Crippen LogP contribution in [0.2, 0.25) is 0 Å². The number of halogens is 5. The molecule has 0 saturated carbocycles. The van der Waals surface area contributed by atoms with Crippen LogP contribution in [0.3, 0.4) is 0 Å². The largest absolute Gasteiger partial charge is 0.347 e. The average Bonchev–Trinajstić information content (AvgIpc) is 2.35. The molecule has 0 radical (unpaired) electrons. The monoisotopic (exact) mass is 302 g/mol. The minimum absolute atomic E-state index is 0.0293. The summed E-state index contributed by atoms with van der Waals surface area (Å²) in [6, 6.07) is 1.62. The fraction of sp³-hybridized carbons (Fsp3) is 0.455. The molecule has 18 heavy (non-hydrogen) atoms. The standard InChI is InChI=1S/C11H11Cl2F3O2/c12-1-3-17-11(18-4-2-13)7-5-8(14)10(16)9(15)6-7/h5-6,11H,1-4H2. The highest BCUT2D eigenvalue weighted by Gasteiger charge is 2.18. The van der Waals surface area contributed by atoms with Crippen LogP contribution in [0.15, 0.2) is 12.1 Å². The molecule has 0 spiro atoms. The third kappa shape index (κ3) is 4.31. The van der Waals surface area contributed by atoms with Crippen molar-refractivity contribution in [3.05, 3.63) is 35.1 Å². The second-order valence-electron chi connectivity index (χ2n) is 3.25. The molecule has 0 N–H and O–H groups in total. The first-order chi connectivity index (χ1) is 8.60. The number of rotatable bonds is 7. The van der Waals surface area contributed by atoms with Crippen molar-refractivity contribution in [3.8, 4) is 0 Å². The van der Waals surface area contributed by atoms with Gasteiger partial charge in [0.25, 0.3) is 0 Å². The van der Waals surface area contributed by atoms with Crippen LogP contribution in [0.5, 0.6) is 0 Å². The molecule has 1 aromatic carbocycles. The lowest BCUT2D eigenvalue weighted by Crippen LogP contribution is -2.13. The number of alkyl halides is 2. The van der Waals surface area contributed by atoms with Crippen molar-refractivity contribution in [3.63, 3.8) is 0 Å². The predicted molar refractivity (Wildman–Crippen MR) is 62.4 cm³/mol. The maximum absolute atomic E-state index is 13.1. The number of hydrogen-bond donors (Lipinski definition) is 0. The van der Waals surface area contributed by atoms with Crippen molar-refractivity contribution >= 4 is 23.2 Å². The van der Waals surface area contributed by atoms with Gasteiger partial charge in [0, 0.05) is 17.3 Å². The molecular weight excluding hydrogens is 292 g/mol. The lowest BCUT2D eigenvalue weighted by atomic mass is 10.2. The maximum Gasteiger partial charge on any atom is 0.194 e. The SMILES string of the molecule is Fc1cc(C(OCCCl)OCCCl)cc(F)c1F. The van der Waals surface area contributed by atoms with E-state index in [1.54, 1.807) is 0 Å². The summed E-state index contributed by atoms with van der Waals surface area (Å²) in [6.07, 6.45) is -1.04. The van der Waals surface area contributed by atoms with E-state index < -0.39 is 23.7 Å². The highest BCUT2D eigenvalue weighted by atomic mass is 35.5. The molecule has 7 heteroatoms. The zero-order valence-electron chi connectivity index (χ0n) is 9.27. The second kappa shape index (κ2) is 7.84. The van der Waals surface area contributed by atoms with Crippen molar-refractivity contribution in [2.45, 2.75) is 6.29 Å². The Labute approximate surface area is 113 Å². The van der Waals surface area contributed by atoms with Crippen molar-refractivity contribution in [2.75, 3.05) is 25.0 Å². The van der Waals surface area contributed by atoms with Crippen LogP contribution in [0.4, 0.5) is 13.2 Å². The lowest BCUT2D eigenvalue weighted by Gasteiger charge is -2.18. The molecule has 0 bridgehead atoms. The summed E-state index contributed by atoms with van der Waals surface area (Å²) in [7, 11) is 0. The summed E-state index contributed by atoms with van der Waals surface area (Å²) in [5.41, 5.74) is 0.0293. The molecule has 1 rings (SSSR count). The molecule has 0 heterocycles. The van der Waals surface area contributed by atoms with Crippen LogP contribution in [0, 0.1) is 17.5 Å². The van der Waals surface area contributed by atoms with Crippen LogP contribution in [-0.2, 0) is 9.47 Å². The van der Waals surface area contributed by atoms with Gasteiger partial charge in [-0.15, -0.1) is 23.2 Å². The molecule has 0 amide bonds. The fourth-order valence-electron chi connectivity index (χ4n) is 1.25. The Morgan fingerprint density at radius 3 is 1.78 bits per heavy atom. The highest BCUT2D eigenvalue weighted by Crippen LogP contribution is 2.23. The van der Waals surface area contributed by atoms with Crippen LogP contribution in [-0.4, -0.2) is 25.0 Å². The van der Waals surface area contributed by atoms with E-state index >= 15 is 0 Å². The minimum atomic E-state index is -1.54. The van der Waals surface area contributed by atoms with Gasteiger partial charge >= 0.3 is 0 Å². The van der Waals surface area contributed by atoms with E-state index in [4.69, 9.17) is 32.7 Å². The van der Waals surface area contributed by atoms with Crippen LogP contribution in [0.25, 0.3) is 0 Å². The van der Waals surface area contributed by atoms with E-state index in [1.165, 1.54) is 0 Å². The Hall–Kier alpha value is -0.490. The minimum Gasteiger partial charge on any atom is -0.347 e. The second-order valence-corrected chi connectivity index (χ2v) is 4.01. The first-order valence-corrected chi connectivity index (χ1v) is 6.16. The predicted octanol–water partition coefficient (Wildman–Crippen LogP) is 3.61. The first-order valence-electron chi connectivity index (χ1n) is 5.09. The molecule has 0 aliphatic heterocycles. The first kappa shape index (κ1) is 15.6. The molecule has 102 valence electrons. The normalized spacial score (nSPS) is 11.2. The van der Waals surface area contributed by atoms with Crippen molar-refractivity contribution in [1.82, 2.24) is 0 Å². The van der Waals surface area contributed by atoms with E-state index in [0.717, 1.165) is 12.1 Å². The van der Waals surface area contributed by atoms with Gasteiger partial charge < -0.3 is 9.47 Å². The molecule has 0 aromatic heterocycles. The Balaban J connectivity index is 2.89. The topological polar surface area (TPSA) is 18.5 Å². The van der Waals surface area contributed by atoms with Gasteiger partial charge in [-0.3, -0.25) is 0 Å². The third-order valence-electron chi connectivity index (χ3n) is 1.97. The van der Waals surface area contributed by atoms with Crippen molar-refractivity contribution in [1.29, 1.82) is 0 Å². The van der Waals surface area contributed by atoms with Crippen molar-refractivity contribution in [2.24, 2.45) is 0 Å². The summed E-state index contributed by atoms with van der Waals surface area (Å²) >= 11 is 10.9. The third-order valence-corrected chi connectivity index (χ3v) is 2.28. The summed E-state index contributed by atoms with van der Waals surface area (Å²) < 4.78 is 49.3. The molecule has 0 aliphatic carbocycles. The number of hydrogen-bond acceptors (Lipinski definition) is 2. The van der Waals surface area contributed by atoms with E-state index in [1.807, 2.05) is 0 Å². The van der Waals surface area contributed by atoms with Gasteiger partial charge in [-0.25, -0.2) is 13.2 Å². The highest BCUT2D eigenvalue weighted by molar-refractivity contribution is 6.18. The van der Waals surface area contributed by atoms with Gasteiger partial charge in [0.1, 0.15) is 0 Å². The summed E-state index contributed by atoms with van der Waals surface area (Å²) in [5, 5.41) is 0. The number of benzene rings is 1. The van der Waals surface area contributed by atoms with E-state index in [2.05, 4.69) is 0 Å². The zero-order chi connectivity index (χ0) is 13.5. The molecule has 2 nitrogen and oxygen atoms in total. The Morgan fingerprint density at radius 2 is 1.39 bits per heavy atom. The fourth-order valence-corrected chi connectivity index (χ4v) is 1.43. The Bertz CT molecular complexity index is 360. The molecular formula is C11H11Cl2F3O2. The van der Waals surface area contributed by atoms with Crippen LogP contribution >= 0.6 is 23.2 Å². The van der Waals surface area contributed by atoms with E-state index in [-0.39, 0.29) is 30.5 Å². The quantitative estimate of drug-likeness (QED) is 0.435. The molecule has 0 aliphatic rings. The average molecular weight is 303 g/mol. The number of ether oxygens (including phenoxy) is 2. The van der Waals surface area contributed by atoms with E-state index in [9.17, 15) is 13.2 Å². The van der Waals surface area contributed by atoms with E-state index in [0.29, 0.717) is 0 Å². The van der Waals surface area contributed by atoms with Gasteiger partial charge in [0.2, 0.25) is 0 Å². The summed E-state index contributed by atoms with van der Waals surface area (Å²) in [5.74, 6) is -3.77. The Kier molecular flexibility index (Phi) is 6.78. The lowest BCUT2D eigenvalue weighted by molar-refractivity contribution is -0.139. The van der Waals surface area contributed by atoms with Gasteiger partial charge in [-0.1, -0.05) is 0 Å². The smallest absolute Gasteiger partial charge is 0.194 e. The molecule has 0 saturated heterocycles. The van der Waals surface area contributed by atoms with Gasteiger partial charge in [-0.05, 0) is 12.1 Å².